The molecule has 1 aliphatic rings. The minimum Gasteiger partial charge on any atom is -0.347 e. The Bertz CT molecular complexity index is 1510. The Hall–Kier alpha value is -4.47. The number of nitrogens with zero attached hydrogens (tertiary/aromatic N) is 4. The third kappa shape index (κ3) is 4.33. The lowest BCUT2D eigenvalue weighted by atomic mass is 9.96. The maximum absolute atomic E-state index is 13.3. The number of ketones is 1. The monoisotopic (exact) mass is 486 g/mol. The molecule has 36 heavy (non-hydrogen) atoms. The van der Waals surface area contributed by atoms with Gasteiger partial charge in [0.25, 0.3) is 17.6 Å². The van der Waals surface area contributed by atoms with Crippen molar-refractivity contribution in [1.82, 2.24) is 30.2 Å². The van der Waals surface area contributed by atoms with Gasteiger partial charge in [0.15, 0.2) is 5.78 Å². The van der Waals surface area contributed by atoms with Crippen LogP contribution in [0.4, 0.5) is 4.39 Å². The topological polar surface area (TPSA) is 118 Å². The van der Waals surface area contributed by atoms with Crippen LogP contribution >= 0.6 is 0 Å². The van der Waals surface area contributed by atoms with Crippen molar-refractivity contribution in [3.63, 3.8) is 0 Å². The van der Waals surface area contributed by atoms with E-state index in [1.807, 2.05) is 13.0 Å². The molecule has 1 atom stereocenters. The van der Waals surface area contributed by atoms with Crippen molar-refractivity contribution >= 4 is 23.4 Å². The van der Waals surface area contributed by atoms with Crippen LogP contribution in [0.1, 0.15) is 73.0 Å². The summed E-state index contributed by atoms with van der Waals surface area (Å²) >= 11 is 0. The maximum Gasteiger partial charge on any atom is 0.270 e. The zero-order valence-electron chi connectivity index (χ0n) is 19.7. The Morgan fingerprint density at radius 3 is 2.64 bits per heavy atom. The number of fused-ring (bicyclic) bond motifs is 2. The zero-order chi connectivity index (χ0) is 25.4. The first-order chi connectivity index (χ1) is 17.3. The van der Waals surface area contributed by atoms with Crippen LogP contribution in [-0.2, 0) is 13.0 Å². The number of rotatable bonds is 6. The van der Waals surface area contributed by atoms with Gasteiger partial charge in [0.2, 0.25) is 0 Å². The average molecular weight is 487 g/mol. The minimum absolute atomic E-state index is 0.0107. The van der Waals surface area contributed by atoms with Gasteiger partial charge >= 0.3 is 0 Å². The fraction of sp³-hybridized carbons (Fsp3) is 0.231. The van der Waals surface area contributed by atoms with E-state index in [-0.39, 0.29) is 41.4 Å². The molecule has 2 aromatic heterocycles. The maximum atomic E-state index is 13.3. The van der Waals surface area contributed by atoms with Crippen LogP contribution in [0, 0.1) is 12.7 Å². The van der Waals surface area contributed by atoms with Gasteiger partial charge in [0.1, 0.15) is 23.5 Å². The molecule has 5 rings (SSSR count). The molecule has 0 aliphatic heterocycles. The smallest absolute Gasteiger partial charge is 0.270 e. The highest BCUT2D eigenvalue weighted by Crippen LogP contribution is 2.35. The lowest BCUT2D eigenvalue weighted by molar-refractivity contribution is 0.0929. The summed E-state index contributed by atoms with van der Waals surface area (Å²) < 4.78 is 14.5. The predicted octanol–water partition coefficient (Wildman–Crippen LogP) is 3.12. The summed E-state index contributed by atoms with van der Waals surface area (Å²) in [7, 11) is 0. The number of benzene rings is 2. The Labute approximate surface area is 205 Å². The molecule has 0 saturated heterocycles. The Morgan fingerprint density at radius 1 is 1.11 bits per heavy atom. The van der Waals surface area contributed by atoms with E-state index in [1.165, 1.54) is 28.9 Å². The van der Waals surface area contributed by atoms with Crippen molar-refractivity contribution in [3.8, 4) is 0 Å². The zero-order valence-corrected chi connectivity index (χ0v) is 19.7. The van der Waals surface area contributed by atoms with Crippen molar-refractivity contribution < 1.29 is 18.8 Å². The fourth-order valence-electron chi connectivity index (χ4n) is 4.62. The molecule has 10 heteroatoms. The Kier molecular flexibility index (Phi) is 6.01. The second-order valence-corrected chi connectivity index (χ2v) is 8.76. The lowest BCUT2D eigenvalue weighted by Gasteiger charge is -2.16. The van der Waals surface area contributed by atoms with Crippen LogP contribution in [0.2, 0.25) is 0 Å². The van der Waals surface area contributed by atoms with Crippen LogP contribution in [0.5, 0.6) is 0 Å². The van der Waals surface area contributed by atoms with Crippen LogP contribution < -0.4 is 10.6 Å². The van der Waals surface area contributed by atoms with E-state index in [0.717, 1.165) is 28.7 Å². The van der Waals surface area contributed by atoms with E-state index < -0.39 is 11.8 Å². The molecule has 2 amide bonds. The highest BCUT2D eigenvalue weighted by Gasteiger charge is 2.28. The second-order valence-electron chi connectivity index (χ2n) is 8.76. The van der Waals surface area contributed by atoms with E-state index in [4.69, 9.17) is 0 Å². The van der Waals surface area contributed by atoms with E-state index in [2.05, 4.69) is 25.8 Å². The van der Waals surface area contributed by atoms with E-state index in [0.29, 0.717) is 12.0 Å². The molecule has 1 aliphatic carbocycles. The van der Waals surface area contributed by atoms with Gasteiger partial charge in [0.05, 0.1) is 6.04 Å². The Morgan fingerprint density at radius 2 is 1.89 bits per heavy atom. The van der Waals surface area contributed by atoms with Crippen LogP contribution in [0.25, 0.3) is 5.78 Å². The number of hydrogen-bond acceptors (Lipinski definition) is 6. The molecule has 0 radical (unpaired) electrons. The number of Topliss-reactive ketones (excluding diaryl/α,β-unsaturated/α-hetero) is 1. The summed E-state index contributed by atoms with van der Waals surface area (Å²) in [6.45, 7) is 3.64. The van der Waals surface area contributed by atoms with Crippen molar-refractivity contribution in [3.05, 3.63) is 93.8 Å². The van der Waals surface area contributed by atoms with Crippen LogP contribution in [-0.4, -0.2) is 37.2 Å². The first-order valence-corrected chi connectivity index (χ1v) is 11.5. The largest absolute Gasteiger partial charge is 0.347 e. The molecule has 0 saturated carbocycles. The molecular weight excluding hydrogens is 463 g/mol. The van der Waals surface area contributed by atoms with Crippen LogP contribution in [0.3, 0.4) is 0 Å². The van der Waals surface area contributed by atoms with Crippen molar-refractivity contribution in [2.75, 3.05) is 0 Å². The molecule has 0 spiro atoms. The minimum atomic E-state index is -0.502. The summed E-state index contributed by atoms with van der Waals surface area (Å²) in [5, 5.41) is 13.5. The van der Waals surface area contributed by atoms with E-state index in [1.54, 1.807) is 25.1 Å². The van der Waals surface area contributed by atoms with Crippen molar-refractivity contribution in [2.45, 2.75) is 39.3 Å². The quantitative estimate of drug-likeness (QED) is 0.404. The summed E-state index contributed by atoms with van der Waals surface area (Å²) in [4.78, 5) is 42.2. The number of halogens is 1. The number of nitrogens with one attached hydrogen (secondary N) is 2. The average Bonchev–Trinajstić information content (AvgIpc) is 3.50. The van der Waals surface area contributed by atoms with Gasteiger partial charge in [0, 0.05) is 12.1 Å². The third-order valence-electron chi connectivity index (χ3n) is 6.49. The van der Waals surface area contributed by atoms with Gasteiger partial charge in [-0.15, -0.1) is 10.2 Å². The molecule has 4 aromatic rings. The molecule has 2 N–H and O–H groups in total. The standard InChI is InChI=1S/C26H23FN6O3/c1-14-18(15(2)34)7-8-20-19(14)9-10-21(20)30-25(36)23-11-22(31-26-32-29-13-33(23)26)24(35)28-12-16-3-5-17(27)6-4-16/h3-8,11,13,21H,9-10,12H2,1-2H3,(H,28,35)(H,30,36)/t21-/m0/s1. The molecule has 182 valence electrons. The van der Waals surface area contributed by atoms with E-state index in [9.17, 15) is 18.8 Å². The highest BCUT2D eigenvalue weighted by molar-refractivity contribution is 5.98. The molecule has 0 bridgehead atoms. The summed E-state index contributed by atoms with van der Waals surface area (Å²) in [5.74, 6) is -1.14. The number of carbonyl (C=O) groups excluding carboxylic acids is 3. The van der Waals surface area contributed by atoms with Crippen molar-refractivity contribution in [2.24, 2.45) is 0 Å². The van der Waals surface area contributed by atoms with Gasteiger partial charge in [-0.1, -0.05) is 24.3 Å². The molecule has 0 fully saturated rings. The first-order valence-electron chi connectivity index (χ1n) is 11.5. The fourth-order valence-corrected chi connectivity index (χ4v) is 4.62. The van der Waals surface area contributed by atoms with Gasteiger partial charge in [-0.05, 0) is 67.1 Å². The molecule has 2 heterocycles. The number of hydrogen-bond donors (Lipinski definition) is 2. The lowest BCUT2D eigenvalue weighted by Crippen LogP contribution is -2.30. The molecular formula is C26H23FN6O3. The number of carbonyl (C=O) groups is 3. The van der Waals surface area contributed by atoms with Gasteiger partial charge < -0.3 is 10.6 Å². The second kappa shape index (κ2) is 9.29. The van der Waals surface area contributed by atoms with E-state index >= 15 is 0 Å². The Balaban J connectivity index is 1.38. The van der Waals surface area contributed by atoms with Gasteiger partial charge in [-0.3, -0.25) is 18.8 Å². The summed E-state index contributed by atoms with van der Waals surface area (Å²) in [6, 6.07) is 10.6. The number of aromatic nitrogens is 4. The van der Waals surface area contributed by atoms with Crippen LogP contribution in [0.15, 0.2) is 48.8 Å². The first kappa shape index (κ1) is 23.3. The molecule has 2 aromatic carbocycles. The summed E-state index contributed by atoms with van der Waals surface area (Å²) in [5.41, 5.74) is 4.60. The van der Waals surface area contributed by atoms with Gasteiger partial charge in [-0.25, -0.2) is 9.37 Å². The van der Waals surface area contributed by atoms with Gasteiger partial charge in [-0.2, -0.15) is 0 Å². The number of amides is 2. The highest BCUT2D eigenvalue weighted by atomic mass is 19.1. The van der Waals surface area contributed by atoms with Crippen molar-refractivity contribution in [1.29, 1.82) is 0 Å². The third-order valence-corrected chi connectivity index (χ3v) is 6.49. The predicted molar refractivity (Wildman–Crippen MR) is 128 cm³/mol. The molecule has 9 nitrogen and oxygen atoms in total. The SMILES string of the molecule is CC(=O)c1ccc2c(c1C)CC[C@@H]2NC(=O)c1cc(C(=O)NCc2ccc(F)cc2)nc2nncn12. The molecule has 0 unspecified atom stereocenters. The normalized spacial score (nSPS) is 14.5. The summed E-state index contributed by atoms with van der Waals surface area (Å²) in [6.07, 6.45) is 2.82.